The fraction of sp³-hybridized carbons (Fsp3) is 0.190. The van der Waals surface area contributed by atoms with Gasteiger partial charge in [-0.3, -0.25) is 4.98 Å². The lowest BCUT2D eigenvalue weighted by Crippen LogP contribution is -2.22. The van der Waals surface area contributed by atoms with Crippen LogP contribution in [0.15, 0.2) is 54.7 Å². The maximum absolute atomic E-state index is 4.66. The van der Waals surface area contributed by atoms with Crippen LogP contribution in [0.1, 0.15) is 29.5 Å². The van der Waals surface area contributed by atoms with E-state index in [1.165, 1.54) is 39.1 Å². The van der Waals surface area contributed by atoms with Crippen molar-refractivity contribution in [3.05, 3.63) is 71.4 Å². The Hall–Kier alpha value is -2.61. The zero-order valence-electron chi connectivity index (χ0n) is 13.4. The topological polar surface area (TPSA) is 16.1 Å². The Kier molecular flexibility index (Phi) is 2.49. The van der Waals surface area contributed by atoms with E-state index in [9.17, 15) is 0 Å². The number of fused-ring (bicyclic) bond motifs is 7. The average molecular weight is 298 g/mol. The largest absolute Gasteiger partial charge is 0.370 e. The van der Waals surface area contributed by atoms with Crippen LogP contribution >= 0.6 is 0 Å². The highest BCUT2D eigenvalue weighted by atomic mass is 15.1. The monoisotopic (exact) mass is 298 g/mol. The first-order chi connectivity index (χ1) is 11.3. The SMILES string of the molecule is CC1c2cccnc2-c2ccc3c(c21)-c1ccccc1CN3C. The van der Waals surface area contributed by atoms with Crippen molar-refractivity contribution in [3.8, 4) is 22.4 Å². The zero-order valence-corrected chi connectivity index (χ0v) is 13.4. The van der Waals surface area contributed by atoms with Crippen molar-refractivity contribution in [2.24, 2.45) is 0 Å². The van der Waals surface area contributed by atoms with Gasteiger partial charge in [-0.2, -0.15) is 0 Å². The van der Waals surface area contributed by atoms with E-state index in [4.69, 9.17) is 0 Å². The van der Waals surface area contributed by atoms with Gasteiger partial charge in [0.25, 0.3) is 0 Å². The second-order valence-corrected chi connectivity index (χ2v) is 6.60. The van der Waals surface area contributed by atoms with Crippen LogP contribution in [0, 0.1) is 0 Å². The molecule has 3 aromatic rings. The van der Waals surface area contributed by atoms with Gasteiger partial charge in [-0.05, 0) is 34.4 Å². The Morgan fingerprint density at radius 3 is 2.78 bits per heavy atom. The van der Waals surface area contributed by atoms with Gasteiger partial charge in [-0.25, -0.2) is 0 Å². The van der Waals surface area contributed by atoms with E-state index in [1.807, 2.05) is 12.3 Å². The third-order valence-corrected chi connectivity index (χ3v) is 5.32. The van der Waals surface area contributed by atoms with Gasteiger partial charge in [0.05, 0.1) is 5.69 Å². The number of rotatable bonds is 0. The summed E-state index contributed by atoms with van der Waals surface area (Å²) in [5.74, 6) is 0.392. The Bertz CT molecular complexity index is 942. The lowest BCUT2D eigenvalue weighted by Gasteiger charge is -2.32. The van der Waals surface area contributed by atoms with Crippen molar-refractivity contribution in [2.45, 2.75) is 19.4 Å². The maximum atomic E-state index is 4.66. The van der Waals surface area contributed by atoms with Crippen molar-refractivity contribution in [2.75, 3.05) is 11.9 Å². The Balaban J connectivity index is 1.88. The highest BCUT2D eigenvalue weighted by Crippen LogP contribution is 2.52. The fourth-order valence-electron chi connectivity index (χ4n) is 4.26. The molecule has 0 N–H and O–H groups in total. The predicted molar refractivity (Wildman–Crippen MR) is 94.7 cm³/mol. The molecule has 0 saturated carbocycles. The van der Waals surface area contributed by atoms with Crippen molar-refractivity contribution >= 4 is 5.69 Å². The molecular weight excluding hydrogens is 280 g/mol. The summed E-state index contributed by atoms with van der Waals surface area (Å²) in [5, 5.41) is 0. The molecule has 0 fully saturated rings. The second kappa shape index (κ2) is 4.45. The van der Waals surface area contributed by atoms with Gasteiger partial charge >= 0.3 is 0 Å². The molecule has 2 heteroatoms. The molecule has 0 amide bonds. The van der Waals surface area contributed by atoms with Crippen molar-refractivity contribution in [1.82, 2.24) is 4.98 Å². The van der Waals surface area contributed by atoms with E-state index in [2.05, 4.69) is 66.3 Å². The summed E-state index contributed by atoms with van der Waals surface area (Å²) >= 11 is 0. The Labute approximate surface area is 136 Å². The first kappa shape index (κ1) is 12.9. The fourth-order valence-corrected chi connectivity index (χ4v) is 4.26. The lowest BCUT2D eigenvalue weighted by atomic mass is 9.85. The van der Waals surface area contributed by atoms with Gasteiger partial charge in [0.15, 0.2) is 0 Å². The summed E-state index contributed by atoms with van der Waals surface area (Å²) in [6.07, 6.45) is 1.90. The normalized spacial score (nSPS) is 17.3. The number of anilines is 1. The van der Waals surface area contributed by atoms with E-state index in [1.54, 1.807) is 0 Å². The van der Waals surface area contributed by atoms with Gasteiger partial charge in [-0.15, -0.1) is 0 Å². The molecule has 1 aliphatic carbocycles. The number of nitrogens with zero attached hydrogens (tertiary/aromatic N) is 2. The van der Waals surface area contributed by atoms with Crippen molar-refractivity contribution in [3.63, 3.8) is 0 Å². The van der Waals surface area contributed by atoms with Gasteiger partial charge in [0.2, 0.25) is 0 Å². The van der Waals surface area contributed by atoms with E-state index in [-0.39, 0.29) is 0 Å². The molecular formula is C21H18N2. The van der Waals surface area contributed by atoms with E-state index >= 15 is 0 Å². The van der Waals surface area contributed by atoms with Crippen LogP contribution in [0.5, 0.6) is 0 Å². The molecule has 1 aliphatic heterocycles. The molecule has 1 atom stereocenters. The molecule has 2 heterocycles. The molecule has 2 aliphatic rings. The number of benzene rings is 2. The molecule has 0 radical (unpaired) electrons. The van der Waals surface area contributed by atoms with Crippen LogP contribution in [-0.4, -0.2) is 12.0 Å². The van der Waals surface area contributed by atoms with Crippen LogP contribution in [0.25, 0.3) is 22.4 Å². The third kappa shape index (κ3) is 1.61. The minimum atomic E-state index is 0.392. The van der Waals surface area contributed by atoms with Gasteiger partial charge in [0.1, 0.15) is 0 Å². The highest BCUT2D eigenvalue weighted by molar-refractivity contribution is 5.94. The first-order valence-electron chi connectivity index (χ1n) is 8.17. The Morgan fingerprint density at radius 2 is 1.87 bits per heavy atom. The maximum Gasteiger partial charge on any atom is 0.0743 e. The molecule has 5 rings (SSSR count). The molecule has 112 valence electrons. The quantitative estimate of drug-likeness (QED) is 0.591. The summed E-state index contributed by atoms with van der Waals surface area (Å²) in [7, 11) is 2.19. The summed E-state index contributed by atoms with van der Waals surface area (Å²) in [5.41, 5.74) is 10.8. The summed E-state index contributed by atoms with van der Waals surface area (Å²) in [6, 6.07) is 17.6. The van der Waals surface area contributed by atoms with Crippen molar-refractivity contribution in [1.29, 1.82) is 0 Å². The summed E-state index contributed by atoms with van der Waals surface area (Å²) < 4.78 is 0. The second-order valence-electron chi connectivity index (χ2n) is 6.60. The first-order valence-corrected chi connectivity index (χ1v) is 8.17. The van der Waals surface area contributed by atoms with E-state index in [0.717, 1.165) is 12.2 Å². The average Bonchev–Trinajstić information content (AvgIpc) is 2.88. The molecule has 0 saturated heterocycles. The molecule has 0 bridgehead atoms. The predicted octanol–water partition coefficient (Wildman–Crippen LogP) is 4.83. The van der Waals surface area contributed by atoms with Gasteiger partial charge in [0, 0.05) is 42.5 Å². The minimum absolute atomic E-state index is 0.392. The highest BCUT2D eigenvalue weighted by Gasteiger charge is 2.33. The number of hydrogen-bond acceptors (Lipinski definition) is 2. The van der Waals surface area contributed by atoms with Crippen molar-refractivity contribution < 1.29 is 0 Å². The van der Waals surface area contributed by atoms with Crippen LogP contribution in [0.2, 0.25) is 0 Å². The van der Waals surface area contributed by atoms with Crippen LogP contribution < -0.4 is 4.90 Å². The number of hydrogen-bond donors (Lipinski definition) is 0. The molecule has 2 nitrogen and oxygen atoms in total. The summed E-state index contributed by atoms with van der Waals surface area (Å²) in [4.78, 5) is 7.02. The molecule has 1 unspecified atom stereocenters. The molecule has 0 spiro atoms. The minimum Gasteiger partial charge on any atom is -0.370 e. The van der Waals surface area contributed by atoms with E-state index in [0.29, 0.717) is 5.92 Å². The standard InChI is InChI=1S/C21H18N2/c1-13-15-8-5-11-22-21(15)17-9-10-18-20(19(13)17)16-7-4-3-6-14(16)12-23(18)2/h3-11,13H,12H2,1-2H3. The lowest BCUT2D eigenvalue weighted by molar-refractivity contribution is 0.896. The summed E-state index contributed by atoms with van der Waals surface area (Å²) in [6.45, 7) is 3.28. The van der Waals surface area contributed by atoms with E-state index < -0.39 is 0 Å². The molecule has 1 aromatic heterocycles. The zero-order chi connectivity index (χ0) is 15.6. The number of aromatic nitrogens is 1. The van der Waals surface area contributed by atoms with Gasteiger partial charge < -0.3 is 4.90 Å². The number of pyridine rings is 1. The smallest absolute Gasteiger partial charge is 0.0743 e. The Morgan fingerprint density at radius 1 is 1.00 bits per heavy atom. The molecule has 23 heavy (non-hydrogen) atoms. The third-order valence-electron chi connectivity index (χ3n) is 5.32. The molecule has 2 aromatic carbocycles. The van der Waals surface area contributed by atoms with Crippen LogP contribution in [0.4, 0.5) is 5.69 Å². The van der Waals surface area contributed by atoms with Crippen LogP contribution in [0.3, 0.4) is 0 Å². The van der Waals surface area contributed by atoms with Gasteiger partial charge in [-0.1, -0.05) is 43.3 Å². The van der Waals surface area contributed by atoms with Crippen LogP contribution in [-0.2, 0) is 6.54 Å².